The van der Waals surface area contributed by atoms with Crippen LogP contribution in [-0.2, 0) is 4.74 Å². The van der Waals surface area contributed by atoms with Crippen molar-refractivity contribution in [1.82, 2.24) is 9.97 Å². The van der Waals surface area contributed by atoms with Gasteiger partial charge < -0.3 is 20.4 Å². The molecule has 0 aliphatic carbocycles. The van der Waals surface area contributed by atoms with Gasteiger partial charge in [0.1, 0.15) is 12.3 Å². The number of nitrogens with zero attached hydrogens (tertiary/aromatic N) is 3. The van der Waals surface area contributed by atoms with Crippen LogP contribution in [0, 0.1) is 0 Å². The highest BCUT2D eigenvalue weighted by molar-refractivity contribution is 5.94. The molecule has 1 heterocycles. The summed E-state index contributed by atoms with van der Waals surface area (Å²) in [6.07, 6.45) is 2.75. The first-order valence-electron chi connectivity index (χ1n) is 4.19. The van der Waals surface area contributed by atoms with Gasteiger partial charge in [0.25, 0.3) is 0 Å². The fourth-order valence-electron chi connectivity index (χ4n) is 0.804. The van der Waals surface area contributed by atoms with E-state index in [4.69, 9.17) is 20.4 Å². The van der Waals surface area contributed by atoms with Crippen LogP contribution in [0.25, 0.3) is 0 Å². The summed E-state index contributed by atoms with van der Waals surface area (Å²) >= 11 is 0. The van der Waals surface area contributed by atoms with Gasteiger partial charge in [-0.2, -0.15) is 0 Å². The summed E-state index contributed by atoms with van der Waals surface area (Å²) in [7, 11) is 1.58. The summed E-state index contributed by atoms with van der Waals surface area (Å²) in [4.78, 5) is 7.79. The Kier molecular flexibility index (Phi) is 4.30. The Morgan fingerprint density at radius 3 is 2.80 bits per heavy atom. The first kappa shape index (κ1) is 11.2. The molecule has 15 heavy (non-hydrogen) atoms. The quantitative estimate of drug-likeness (QED) is 0.226. The number of methoxy groups -OCH3 is 1. The molecule has 0 unspecified atom stereocenters. The van der Waals surface area contributed by atoms with Gasteiger partial charge >= 0.3 is 0 Å². The first-order chi connectivity index (χ1) is 7.27. The molecule has 0 saturated carbocycles. The van der Waals surface area contributed by atoms with Gasteiger partial charge in [-0.3, -0.25) is 0 Å². The van der Waals surface area contributed by atoms with E-state index in [0.717, 1.165) is 0 Å². The molecule has 0 aliphatic heterocycles. The average Bonchev–Trinajstić information content (AvgIpc) is 2.29. The molecule has 82 valence electrons. The second-order valence-corrected chi connectivity index (χ2v) is 2.57. The fourth-order valence-corrected chi connectivity index (χ4v) is 0.804. The summed E-state index contributed by atoms with van der Waals surface area (Å²) in [5, 5.41) is 11.2. The molecule has 0 aromatic carbocycles. The molecule has 0 bridgehead atoms. The normalized spacial score (nSPS) is 11.4. The highest BCUT2D eigenvalue weighted by atomic mass is 16.5. The molecule has 0 atom stereocenters. The van der Waals surface area contributed by atoms with Crippen molar-refractivity contribution in [2.45, 2.75) is 0 Å². The van der Waals surface area contributed by atoms with E-state index in [0.29, 0.717) is 19.1 Å². The van der Waals surface area contributed by atoms with E-state index in [1.54, 1.807) is 7.11 Å². The highest BCUT2D eigenvalue weighted by Crippen LogP contribution is 2.03. The lowest BCUT2D eigenvalue weighted by Gasteiger charge is -2.03. The zero-order valence-corrected chi connectivity index (χ0v) is 8.25. The molecular formula is C8H12N4O3. The van der Waals surface area contributed by atoms with Gasteiger partial charge in [-0.05, 0) is 0 Å². The fraction of sp³-hybridized carbons (Fsp3) is 0.375. The number of hydrogen-bond acceptors (Lipinski definition) is 6. The molecule has 0 aliphatic rings. The molecule has 0 radical (unpaired) electrons. The van der Waals surface area contributed by atoms with Crippen molar-refractivity contribution in [3.63, 3.8) is 0 Å². The molecule has 7 heteroatoms. The van der Waals surface area contributed by atoms with Crippen molar-refractivity contribution >= 4 is 5.84 Å². The van der Waals surface area contributed by atoms with Crippen molar-refractivity contribution in [2.24, 2.45) is 10.9 Å². The standard InChI is InChI=1S/C8H12N4O3/c1-14-2-3-15-7-5-10-6(4-11-7)8(9)12-13/h4-5,13H,2-3H2,1H3,(H2,9,12). The molecule has 1 aromatic heterocycles. The number of nitrogens with two attached hydrogens (primary N) is 1. The second-order valence-electron chi connectivity index (χ2n) is 2.57. The van der Waals surface area contributed by atoms with Crippen LogP contribution in [0.1, 0.15) is 5.69 Å². The molecule has 0 saturated heterocycles. The minimum Gasteiger partial charge on any atom is -0.474 e. The number of oxime groups is 1. The summed E-state index contributed by atoms with van der Waals surface area (Å²) in [5.41, 5.74) is 5.59. The number of amidine groups is 1. The van der Waals surface area contributed by atoms with Gasteiger partial charge in [-0.25, -0.2) is 9.97 Å². The molecule has 7 nitrogen and oxygen atoms in total. The lowest BCUT2D eigenvalue weighted by atomic mass is 10.4. The van der Waals surface area contributed by atoms with Crippen molar-refractivity contribution in [3.05, 3.63) is 18.1 Å². The number of hydrogen-bond donors (Lipinski definition) is 2. The Labute approximate surface area is 86.5 Å². The third kappa shape index (κ3) is 3.39. The molecular weight excluding hydrogens is 200 g/mol. The Hall–Kier alpha value is -1.89. The minimum absolute atomic E-state index is 0.0917. The maximum atomic E-state index is 8.38. The second kappa shape index (κ2) is 5.76. The van der Waals surface area contributed by atoms with Crippen molar-refractivity contribution in [2.75, 3.05) is 20.3 Å². The molecule has 0 spiro atoms. The van der Waals surface area contributed by atoms with Gasteiger partial charge in [-0.1, -0.05) is 5.16 Å². The molecule has 1 rings (SSSR count). The van der Waals surface area contributed by atoms with Crippen LogP contribution in [0.4, 0.5) is 0 Å². The lowest BCUT2D eigenvalue weighted by molar-refractivity contribution is 0.143. The van der Waals surface area contributed by atoms with E-state index in [9.17, 15) is 0 Å². The Morgan fingerprint density at radius 2 is 2.27 bits per heavy atom. The predicted octanol–water partition coefficient (Wildman–Crippen LogP) is -0.404. The largest absolute Gasteiger partial charge is 0.474 e. The molecule has 3 N–H and O–H groups in total. The molecule has 1 aromatic rings. The molecule has 0 fully saturated rings. The van der Waals surface area contributed by atoms with Crippen LogP contribution in [0.5, 0.6) is 5.88 Å². The predicted molar refractivity (Wildman–Crippen MR) is 51.9 cm³/mol. The van der Waals surface area contributed by atoms with E-state index >= 15 is 0 Å². The van der Waals surface area contributed by atoms with Crippen molar-refractivity contribution in [3.8, 4) is 5.88 Å². The summed E-state index contributed by atoms with van der Waals surface area (Å²) in [5.74, 6) is 0.271. The summed E-state index contributed by atoms with van der Waals surface area (Å²) in [6, 6.07) is 0. The zero-order valence-electron chi connectivity index (χ0n) is 8.25. The highest BCUT2D eigenvalue weighted by Gasteiger charge is 2.02. The van der Waals surface area contributed by atoms with Crippen LogP contribution in [0.3, 0.4) is 0 Å². The summed E-state index contributed by atoms with van der Waals surface area (Å²) < 4.78 is 9.97. The van der Waals surface area contributed by atoms with Gasteiger partial charge in [-0.15, -0.1) is 0 Å². The Bertz CT molecular complexity index is 325. The Balaban J connectivity index is 2.56. The lowest BCUT2D eigenvalue weighted by Crippen LogP contribution is -2.15. The van der Waals surface area contributed by atoms with E-state index < -0.39 is 0 Å². The van der Waals surface area contributed by atoms with Gasteiger partial charge in [0.2, 0.25) is 5.88 Å². The van der Waals surface area contributed by atoms with Crippen LogP contribution in [-0.4, -0.2) is 41.3 Å². The summed E-state index contributed by atoms with van der Waals surface area (Å²) in [6.45, 7) is 0.873. The number of rotatable bonds is 5. The van der Waals surface area contributed by atoms with Crippen LogP contribution >= 0.6 is 0 Å². The number of aromatic nitrogens is 2. The van der Waals surface area contributed by atoms with Crippen molar-refractivity contribution in [1.29, 1.82) is 0 Å². The van der Waals surface area contributed by atoms with Gasteiger partial charge in [0, 0.05) is 7.11 Å². The topological polar surface area (TPSA) is 103 Å². The SMILES string of the molecule is COCCOc1cnc(/C(N)=N/O)cn1. The monoisotopic (exact) mass is 212 g/mol. The van der Waals surface area contributed by atoms with Crippen molar-refractivity contribution < 1.29 is 14.7 Å². The van der Waals surface area contributed by atoms with Crippen LogP contribution < -0.4 is 10.5 Å². The van der Waals surface area contributed by atoms with Crippen LogP contribution in [0.2, 0.25) is 0 Å². The van der Waals surface area contributed by atoms with E-state index in [2.05, 4.69) is 15.1 Å². The first-order valence-corrected chi connectivity index (χ1v) is 4.19. The maximum Gasteiger partial charge on any atom is 0.232 e. The van der Waals surface area contributed by atoms with Gasteiger partial charge in [0.05, 0.1) is 19.0 Å². The minimum atomic E-state index is -0.0917. The van der Waals surface area contributed by atoms with E-state index in [-0.39, 0.29) is 11.5 Å². The van der Waals surface area contributed by atoms with E-state index in [1.165, 1.54) is 12.4 Å². The number of ether oxygens (including phenoxy) is 2. The average molecular weight is 212 g/mol. The van der Waals surface area contributed by atoms with Gasteiger partial charge in [0.15, 0.2) is 5.84 Å². The third-order valence-electron chi connectivity index (χ3n) is 1.54. The molecule has 0 amide bonds. The maximum absolute atomic E-state index is 8.38. The Morgan fingerprint density at radius 1 is 1.47 bits per heavy atom. The zero-order chi connectivity index (χ0) is 11.1. The third-order valence-corrected chi connectivity index (χ3v) is 1.54. The van der Waals surface area contributed by atoms with Crippen LogP contribution in [0.15, 0.2) is 17.5 Å². The van der Waals surface area contributed by atoms with E-state index in [1.807, 2.05) is 0 Å². The smallest absolute Gasteiger partial charge is 0.232 e.